The van der Waals surface area contributed by atoms with E-state index in [9.17, 15) is 9.59 Å². The van der Waals surface area contributed by atoms with Crippen LogP contribution in [0.1, 0.15) is 21.7 Å². The van der Waals surface area contributed by atoms with Gasteiger partial charge in [-0.2, -0.15) is 0 Å². The summed E-state index contributed by atoms with van der Waals surface area (Å²) in [4.78, 5) is 26.6. The van der Waals surface area contributed by atoms with Crippen LogP contribution in [0.4, 0.5) is 5.69 Å². The molecule has 1 heterocycles. The van der Waals surface area contributed by atoms with Gasteiger partial charge in [0.15, 0.2) is 5.76 Å². The summed E-state index contributed by atoms with van der Waals surface area (Å²) in [6, 6.07) is 20.5. The summed E-state index contributed by atoms with van der Waals surface area (Å²) in [7, 11) is 1.59. The fourth-order valence-corrected chi connectivity index (χ4v) is 2.91. The molecule has 0 atom stereocenters. The van der Waals surface area contributed by atoms with Crippen LogP contribution in [0.3, 0.4) is 0 Å². The molecule has 0 saturated heterocycles. The van der Waals surface area contributed by atoms with Gasteiger partial charge in [-0.15, -0.1) is 0 Å². The number of hydrogen-bond donors (Lipinski definition) is 1. The molecule has 2 amide bonds. The van der Waals surface area contributed by atoms with Crippen molar-refractivity contribution in [3.05, 3.63) is 89.9 Å². The largest absolute Gasteiger partial charge is 0.459 e. The van der Waals surface area contributed by atoms with Gasteiger partial charge in [0, 0.05) is 19.3 Å². The monoisotopic (exact) mass is 392 g/mol. The SMILES string of the molecule is COCCNC(=O)Cc1ccc(N(Cc2ccccc2)C(=O)c2ccco2)cc1. The number of methoxy groups -OCH3 is 1. The summed E-state index contributed by atoms with van der Waals surface area (Å²) in [6.07, 6.45) is 1.76. The molecule has 150 valence electrons. The van der Waals surface area contributed by atoms with Gasteiger partial charge in [0.2, 0.25) is 5.91 Å². The molecule has 6 nitrogen and oxygen atoms in total. The molecule has 0 aliphatic rings. The van der Waals surface area contributed by atoms with Crippen LogP contribution in [0.15, 0.2) is 77.4 Å². The zero-order chi connectivity index (χ0) is 20.5. The maximum atomic E-state index is 13.0. The van der Waals surface area contributed by atoms with E-state index in [1.54, 1.807) is 24.1 Å². The summed E-state index contributed by atoms with van der Waals surface area (Å²) in [5, 5.41) is 2.80. The number of furan rings is 1. The average Bonchev–Trinajstić information content (AvgIpc) is 3.28. The van der Waals surface area contributed by atoms with Crippen LogP contribution < -0.4 is 10.2 Å². The van der Waals surface area contributed by atoms with Crippen molar-refractivity contribution in [2.24, 2.45) is 0 Å². The molecule has 2 aromatic carbocycles. The highest BCUT2D eigenvalue weighted by molar-refractivity contribution is 6.04. The Kier molecular flexibility index (Phi) is 7.19. The Morgan fingerprint density at radius 3 is 2.38 bits per heavy atom. The van der Waals surface area contributed by atoms with Crippen LogP contribution in [0.2, 0.25) is 0 Å². The highest BCUT2D eigenvalue weighted by atomic mass is 16.5. The minimum atomic E-state index is -0.219. The maximum Gasteiger partial charge on any atom is 0.294 e. The lowest BCUT2D eigenvalue weighted by Crippen LogP contribution is -2.30. The normalized spacial score (nSPS) is 10.5. The molecule has 6 heteroatoms. The first-order valence-corrected chi connectivity index (χ1v) is 9.41. The third-order valence-electron chi connectivity index (χ3n) is 4.40. The first kappa shape index (κ1) is 20.4. The molecule has 0 fully saturated rings. The van der Waals surface area contributed by atoms with E-state index in [-0.39, 0.29) is 24.0 Å². The third kappa shape index (κ3) is 5.80. The average molecular weight is 392 g/mol. The summed E-state index contributed by atoms with van der Waals surface area (Å²) in [5.74, 6) is -0.00551. The fourth-order valence-electron chi connectivity index (χ4n) is 2.91. The van der Waals surface area contributed by atoms with Crippen molar-refractivity contribution >= 4 is 17.5 Å². The van der Waals surface area contributed by atoms with Crippen LogP contribution in [0.25, 0.3) is 0 Å². The molecule has 0 unspecified atom stereocenters. The smallest absolute Gasteiger partial charge is 0.294 e. The minimum Gasteiger partial charge on any atom is -0.459 e. The number of nitrogens with zero attached hydrogens (tertiary/aromatic N) is 1. The Hall–Kier alpha value is -3.38. The van der Waals surface area contributed by atoms with Crippen molar-refractivity contribution < 1.29 is 18.7 Å². The van der Waals surface area contributed by atoms with E-state index in [1.807, 2.05) is 54.6 Å². The van der Waals surface area contributed by atoms with Crippen LogP contribution >= 0.6 is 0 Å². The van der Waals surface area contributed by atoms with Gasteiger partial charge in [-0.05, 0) is 35.4 Å². The Labute approximate surface area is 170 Å². The second kappa shape index (κ2) is 10.2. The van der Waals surface area contributed by atoms with Crippen LogP contribution in [-0.4, -0.2) is 32.1 Å². The number of anilines is 1. The van der Waals surface area contributed by atoms with Crippen molar-refractivity contribution in [2.75, 3.05) is 25.2 Å². The van der Waals surface area contributed by atoms with Crippen LogP contribution in [0.5, 0.6) is 0 Å². The summed E-state index contributed by atoms with van der Waals surface area (Å²) >= 11 is 0. The quantitative estimate of drug-likeness (QED) is 0.567. The van der Waals surface area contributed by atoms with Gasteiger partial charge in [-0.3, -0.25) is 9.59 Å². The summed E-state index contributed by atoms with van der Waals surface area (Å²) in [5.41, 5.74) is 2.61. The van der Waals surface area contributed by atoms with E-state index in [0.717, 1.165) is 16.8 Å². The van der Waals surface area contributed by atoms with Gasteiger partial charge in [0.25, 0.3) is 5.91 Å². The number of carbonyl (C=O) groups is 2. The van der Waals surface area contributed by atoms with E-state index < -0.39 is 0 Å². The molecule has 0 radical (unpaired) electrons. The number of benzene rings is 2. The Morgan fingerprint density at radius 2 is 1.72 bits per heavy atom. The lowest BCUT2D eigenvalue weighted by atomic mass is 10.1. The molecule has 1 N–H and O–H groups in total. The minimum absolute atomic E-state index is 0.0670. The maximum absolute atomic E-state index is 13.0. The summed E-state index contributed by atoms with van der Waals surface area (Å²) < 4.78 is 10.2. The molecular weight excluding hydrogens is 368 g/mol. The molecule has 1 aromatic heterocycles. The second-order valence-corrected chi connectivity index (χ2v) is 6.54. The van der Waals surface area contributed by atoms with Gasteiger partial charge < -0.3 is 19.4 Å². The number of rotatable bonds is 9. The van der Waals surface area contributed by atoms with E-state index in [4.69, 9.17) is 9.15 Å². The highest BCUT2D eigenvalue weighted by Crippen LogP contribution is 2.21. The third-order valence-corrected chi connectivity index (χ3v) is 4.40. The van der Waals surface area contributed by atoms with Gasteiger partial charge in [0.1, 0.15) is 0 Å². The predicted octanol–water partition coefficient (Wildman–Crippen LogP) is 3.43. The van der Waals surface area contributed by atoms with Crippen LogP contribution in [-0.2, 0) is 22.5 Å². The van der Waals surface area contributed by atoms with E-state index in [1.165, 1.54) is 6.26 Å². The van der Waals surface area contributed by atoms with Crippen molar-refractivity contribution in [3.63, 3.8) is 0 Å². The van der Waals surface area contributed by atoms with Crippen molar-refractivity contribution in [2.45, 2.75) is 13.0 Å². The van der Waals surface area contributed by atoms with E-state index in [0.29, 0.717) is 19.7 Å². The van der Waals surface area contributed by atoms with Crippen molar-refractivity contribution in [1.29, 1.82) is 0 Å². The molecule has 0 spiro atoms. The Morgan fingerprint density at radius 1 is 0.966 bits per heavy atom. The standard InChI is InChI=1S/C23H24N2O4/c1-28-15-13-24-22(26)16-18-9-11-20(12-10-18)25(17-19-6-3-2-4-7-19)23(27)21-8-5-14-29-21/h2-12,14H,13,15-17H2,1H3,(H,24,26). The Bertz CT molecular complexity index is 906. The molecule has 3 rings (SSSR count). The zero-order valence-electron chi connectivity index (χ0n) is 16.3. The predicted molar refractivity (Wildman–Crippen MR) is 111 cm³/mol. The first-order chi connectivity index (χ1) is 14.2. The number of amides is 2. The number of carbonyl (C=O) groups excluding carboxylic acids is 2. The van der Waals surface area contributed by atoms with Crippen molar-refractivity contribution in [1.82, 2.24) is 5.32 Å². The van der Waals surface area contributed by atoms with Gasteiger partial charge in [0.05, 0.1) is 25.8 Å². The first-order valence-electron chi connectivity index (χ1n) is 9.41. The highest BCUT2D eigenvalue weighted by Gasteiger charge is 2.20. The topological polar surface area (TPSA) is 71.8 Å². The molecule has 0 bridgehead atoms. The zero-order valence-corrected chi connectivity index (χ0v) is 16.3. The number of hydrogen-bond acceptors (Lipinski definition) is 4. The molecular formula is C23H24N2O4. The van der Waals surface area contributed by atoms with E-state index >= 15 is 0 Å². The van der Waals surface area contributed by atoms with Gasteiger partial charge in [-0.25, -0.2) is 0 Å². The lowest BCUT2D eigenvalue weighted by Gasteiger charge is -2.22. The molecule has 29 heavy (non-hydrogen) atoms. The van der Waals surface area contributed by atoms with Gasteiger partial charge >= 0.3 is 0 Å². The number of nitrogens with one attached hydrogen (secondary N) is 1. The molecule has 0 aliphatic heterocycles. The van der Waals surface area contributed by atoms with Gasteiger partial charge in [-0.1, -0.05) is 42.5 Å². The molecule has 3 aromatic rings. The Balaban J connectivity index is 1.75. The van der Waals surface area contributed by atoms with E-state index in [2.05, 4.69) is 5.32 Å². The number of ether oxygens (including phenoxy) is 1. The molecule has 0 saturated carbocycles. The lowest BCUT2D eigenvalue weighted by molar-refractivity contribution is -0.120. The van der Waals surface area contributed by atoms with Crippen molar-refractivity contribution in [3.8, 4) is 0 Å². The molecule has 0 aliphatic carbocycles. The second-order valence-electron chi connectivity index (χ2n) is 6.54. The fraction of sp³-hybridized carbons (Fsp3) is 0.217. The van der Waals surface area contributed by atoms with Crippen LogP contribution in [0, 0.1) is 0 Å². The summed E-state index contributed by atoms with van der Waals surface area (Å²) in [6.45, 7) is 1.38.